The van der Waals surface area contributed by atoms with Crippen LogP contribution in [-0.2, 0) is 0 Å². The van der Waals surface area contributed by atoms with Gasteiger partial charge in [0.05, 0.1) is 5.56 Å². The first-order valence-corrected chi connectivity index (χ1v) is 10.3. The molecule has 1 N–H and O–H groups in total. The van der Waals surface area contributed by atoms with E-state index in [0.29, 0.717) is 6.54 Å². The Labute approximate surface area is 167 Å². The second-order valence-electron chi connectivity index (χ2n) is 6.90. The van der Waals surface area contributed by atoms with Crippen molar-refractivity contribution in [1.29, 1.82) is 0 Å². The zero-order chi connectivity index (χ0) is 18.9. The van der Waals surface area contributed by atoms with Crippen molar-refractivity contribution in [2.45, 2.75) is 6.42 Å². The molecule has 1 aliphatic rings. The van der Waals surface area contributed by atoms with Crippen LogP contribution >= 0.6 is 11.3 Å². The van der Waals surface area contributed by atoms with E-state index in [1.807, 2.05) is 40.7 Å². The maximum atomic E-state index is 13.1. The summed E-state index contributed by atoms with van der Waals surface area (Å²) >= 11 is 1.58. The Kier molecular flexibility index (Phi) is 4.29. The molecule has 1 amide bonds. The molecule has 0 radical (unpaired) electrons. The maximum absolute atomic E-state index is 13.1. The number of hydrogen-bond donors (Lipinski definition) is 1. The van der Waals surface area contributed by atoms with Crippen LogP contribution in [0, 0.1) is 0 Å². The van der Waals surface area contributed by atoms with Crippen LogP contribution in [0.25, 0.3) is 27.7 Å². The summed E-state index contributed by atoms with van der Waals surface area (Å²) in [6.07, 6.45) is 6.83. The van der Waals surface area contributed by atoms with E-state index in [-0.39, 0.29) is 5.91 Å². The van der Waals surface area contributed by atoms with Gasteiger partial charge >= 0.3 is 0 Å². The third-order valence-corrected chi connectivity index (χ3v) is 6.01. The lowest BCUT2D eigenvalue weighted by atomic mass is 9.98. The zero-order valence-corrected chi connectivity index (χ0v) is 16.1. The van der Waals surface area contributed by atoms with E-state index in [9.17, 15) is 4.79 Å². The van der Waals surface area contributed by atoms with E-state index in [2.05, 4.69) is 39.6 Å². The molecular formula is C23H19N3OS. The van der Waals surface area contributed by atoms with Gasteiger partial charge in [0.2, 0.25) is 0 Å². The normalized spacial score (nSPS) is 14.3. The van der Waals surface area contributed by atoms with Crippen molar-refractivity contribution in [2.24, 2.45) is 0 Å². The number of benzene rings is 1. The van der Waals surface area contributed by atoms with Crippen LogP contribution in [0.15, 0.2) is 71.7 Å². The van der Waals surface area contributed by atoms with Gasteiger partial charge in [0.15, 0.2) is 0 Å². The summed E-state index contributed by atoms with van der Waals surface area (Å²) in [6.45, 7) is 1.35. The van der Waals surface area contributed by atoms with Crippen LogP contribution in [0.5, 0.6) is 0 Å². The molecular weight excluding hydrogens is 366 g/mol. The Bertz CT molecular complexity index is 1170. The van der Waals surface area contributed by atoms with E-state index in [4.69, 9.17) is 0 Å². The minimum atomic E-state index is 0.107. The van der Waals surface area contributed by atoms with Gasteiger partial charge in [0.1, 0.15) is 5.65 Å². The summed E-state index contributed by atoms with van der Waals surface area (Å²) in [6, 6.07) is 14.2. The van der Waals surface area contributed by atoms with Gasteiger partial charge in [-0.25, -0.2) is 4.98 Å². The van der Waals surface area contributed by atoms with Gasteiger partial charge in [-0.15, -0.1) is 0 Å². The second kappa shape index (κ2) is 7.09. The summed E-state index contributed by atoms with van der Waals surface area (Å²) < 4.78 is 0. The van der Waals surface area contributed by atoms with Crippen molar-refractivity contribution in [3.8, 4) is 11.1 Å². The largest absolute Gasteiger partial charge is 0.346 e. The number of carbonyl (C=O) groups excluding carboxylic acids is 1. The molecule has 4 aromatic rings. The van der Waals surface area contributed by atoms with Gasteiger partial charge in [0, 0.05) is 47.4 Å². The number of nitrogens with one attached hydrogen (secondary N) is 1. The smallest absolute Gasteiger partial charge is 0.255 e. The van der Waals surface area contributed by atoms with Gasteiger partial charge in [0.25, 0.3) is 5.91 Å². The molecule has 0 atom stereocenters. The van der Waals surface area contributed by atoms with Crippen LogP contribution in [-0.4, -0.2) is 33.9 Å². The summed E-state index contributed by atoms with van der Waals surface area (Å²) in [5, 5.41) is 5.17. The predicted octanol–water partition coefficient (Wildman–Crippen LogP) is 5.22. The topological polar surface area (TPSA) is 49.0 Å². The van der Waals surface area contributed by atoms with Crippen LogP contribution in [0.2, 0.25) is 0 Å². The molecule has 0 aliphatic carbocycles. The quantitative estimate of drug-likeness (QED) is 0.525. The molecule has 3 aromatic heterocycles. The van der Waals surface area contributed by atoms with Gasteiger partial charge in [-0.2, -0.15) is 11.3 Å². The number of thiophene rings is 1. The molecule has 1 aromatic carbocycles. The van der Waals surface area contributed by atoms with Crippen LogP contribution in [0.1, 0.15) is 22.3 Å². The number of hydrogen-bond acceptors (Lipinski definition) is 3. The van der Waals surface area contributed by atoms with Crippen molar-refractivity contribution in [3.05, 3.63) is 82.8 Å². The molecule has 0 bridgehead atoms. The zero-order valence-electron chi connectivity index (χ0n) is 15.3. The molecule has 0 saturated carbocycles. The van der Waals surface area contributed by atoms with Crippen LogP contribution < -0.4 is 0 Å². The van der Waals surface area contributed by atoms with E-state index in [1.54, 1.807) is 17.5 Å². The minimum Gasteiger partial charge on any atom is -0.346 e. The molecule has 4 nitrogen and oxygen atoms in total. The average molecular weight is 385 g/mol. The third kappa shape index (κ3) is 2.94. The first kappa shape index (κ1) is 17.0. The summed E-state index contributed by atoms with van der Waals surface area (Å²) in [5.74, 6) is 0.107. The van der Waals surface area contributed by atoms with Crippen molar-refractivity contribution in [3.63, 3.8) is 0 Å². The number of rotatable bonds is 3. The van der Waals surface area contributed by atoms with E-state index < -0.39 is 0 Å². The molecule has 0 saturated heterocycles. The SMILES string of the molecule is O=C(c1cscc1-c1ccccc1)N1CC=C(c2c[nH]c3ncccc23)CC1. The number of pyridine rings is 1. The lowest BCUT2D eigenvalue weighted by molar-refractivity contribution is 0.0774. The Morgan fingerprint density at radius 3 is 2.79 bits per heavy atom. The Morgan fingerprint density at radius 2 is 1.96 bits per heavy atom. The first-order valence-electron chi connectivity index (χ1n) is 9.33. The van der Waals surface area contributed by atoms with E-state index >= 15 is 0 Å². The van der Waals surface area contributed by atoms with Crippen LogP contribution in [0.4, 0.5) is 0 Å². The maximum Gasteiger partial charge on any atom is 0.255 e. The van der Waals surface area contributed by atoms with Gasteiger partial charge in [-0.1, -0.05) is 36.4 Å². The molecule has 1 aliphatic heterocycles. The van der Waals surface area contributed by atoms with Gasteiger partial charge in [-0.05, 0) is 35.1 Å². The molecule has 138 valence electrons. The number of carbonyl (C=O) groups is 1. The Balaban J connectivity index is 1.39. The Hall–Kier alpha value is -3.18. The van der Waals surface area contributed by atoms with E-state index in [0.717, 1.165) is 40.7 Å². The van der Waals surface area contributed by atoms with E-state index in [1.165, 1.54) is 11.1 Å². The summed E-state index contributed by atoms with van der Waals surface area (Å²) in [4.78, 5) is 22.7. The second-order valence-corrected chi connectivity index (χ2v) is 7.64. The predicted molar refractivity (Wildman–Crippen MR) is 114 cm³/mol. The number of nitrogens with zero attached hydrogens (tertiary/aromatic N) is 2. The highest BCUT2D eigenvalue weighted by atomic mass is 32.1. The van der Waals surface area contributed by atoms with Gasteiger partial charge < -0.3 is 9.88 Å². The van der Waals surface area contributed by atoms with Crippen molar-refractivity contribution in [2.75, 3.05) is 13.1 Å². The average Bonchev–Trinajstić information content (AvgIpc) is 3.41. The summed E-state index contributed by atoms with van der Waals surface area (Å²) in [5.41, 5.74) is 6.28. The summed E-state index contributed by atoms with van der Waals surface area (Å²) in [7, 11) is 0. The number of H-pyrrole nitrogens is 1. The fraction of sp³-hybridized carbons (Fsp3) is 0.130. The molecule has 0 spiro atoms. The standard InChI is InChI=1S/C23H19N3OS/c27-23(21-15-28-14-20(21)16-5-2-1-3-6-16)26-11-8-17(9-12-26)19-13-25-22-18(19)7-4-10-24-22/h1-8,10,13-15H,9,11-12H2,(H,24,25). The molecule has 28 heavy (non-hydrogen) atoms. The highest BCUT2D eigenvalue weighted by Crippen LogP contribution is 2.31. The van der Waals surface area contributed by atoms with Gasteiger partial charge in [-0.3, -0.25) is 4.79 Å². The number of aromatic nitrogens is 2. The Morgan fingerprint density at radius 1 is 1.07 bits per heavy atom. The fourth-order valence-electron chi connectivity index (χ4n) is 3.79. The molecule has 5 rings (SSSR count). The number of fused-ring (bicyclic) bond motifs is 1. The minimum absolute atomic E-state index is 0.107. The molecule has 5 heteroatoms. The highest BCUT2D eigenvalue weighted by Gasteiger charge is 2.23. The monoisotopic (exact) mass is 385 g/mol. The lowest BCUT2D eigenvalue weighted by Crippen LogP contribution is -2.34. The van der Waals surface area contributed by atoms with Crippen molar-refractivity contribution < 1.29 is 4.79 Å². The molecule has 0 unspecified atom stereocenters. The first-order chi connectivity index (χ1) is 13.8. The fourth-order valence-corrected chi connectivity index (χ4v) is 4.63. The lowest BCUT2D eigenvalue weighted by Gasteiger charge is -2.26. The number of aromatic amines is 1. The number of amides is 1. The van der Waals surface area contributed by atoms with Crippen LogP contribution in [0.3, 0.4) is 0 Å². The van der Waals surface area contributed by atoms with Crippen molar-refractivity contribution in [1.82, 2.24) is 14.9 Å². The molecule has 4 heterocycles. The molecule has 0 fully saturated rings. The third-order valence-electron chi connectivity index (χ3n) is 5.27. The van der Waals surface area contributed by atoms with Crippen molar-refractivity contribution >= 4 is 33.9 Å². The highest BCUT2D eigenvalue weighted by molar-refractivity contribution is 7.08.